The summed E-state index contributed by atoms with van der Waals surface area (Å²) in [5, 5.41) is 1.17. The molecule has 0 aliphatic carbocycles. The predicted octanol–water partition coefficient (Wildman–Crippen LogP) is 2.38. The molecule has 1 aromatic carbocycles. The summed E-state index contributed by atoms with van der Waals surface area (Å²) in [6.45, 7) is 0. The van der Waals surface area contributed by atoms with Crippen molar-refractivity contribution < 1.29 is 4.79 Å². The number of thioether (sulfide) groups is 1. The number of nitrogens with two attached hydrogens (primary N) is 1. The third-order valence-corrected chi connectivity index (χ3v) is 4.42. The monoisotopic (exact) mass is 264 g/mol. The van der Waals surface area contributed by atoms with E-state index in [-0.39, 0.29) is 5.91 Å². The molecule has 18 heavy (non-hydrogen) atoms. The van der Waals surface area contributed by atoms with Gasteiger partial charge in [0, 0.05) is 18.4 Å². The fraction of sp³-hybridized carbons (Fsp3) is 0.500. The molecule has 0 bridgehead atoms. The highest BCUT2D eigenvalue weighted by Crippen LogP contribution is 2.30. The zero-order valence-electron chi connectivity index (χ0n) is 10.8. The maximum absolute atomic E-state index is 11.4. The van der Waals surface area contributed by atoms with Crippen molar-refractivity contribution in [3.63, 3.8) is 0 Å². The molecule has 0 saturated carbocycles. The van der Waals surface area contributed by atoms with Gasteiger partial charge >= 0.3 is 0 Å². The van der Waals surface area contributed by atoms with Gasteiger partial charge in [-0.15, -0.1) is 11.8 Å². The molecule has 1 heterocycles. The first kappa shape index (κ1) is 13.4. The second kappa shape index (κ2) is 6.25. The van der Waals surface area contributed by atoms with Crippen molar-refractivity contribution >= 4 is 17.7 Å². The van der Waals surface area contributed by atoms with Crippen LogP contribution in [0.2, 0.25) is 0 Å². The molecule has 1 aliphatic heterocycles. The van der Waals surface area contributed by atoms with Crippen molar-refractivity contribution in [3.05, 3.63) is 29.3 Å². The Balaban J connectivity index is 1.88. The molecule has 3 nitrogen and oxygen atoms in total. The number of amides is 1. The van der Waals surface area contributed by atoms with E-state index in [1.165, 1.54) is 39.6 Å². The lowest BCUT2D eigenvalue weighted by Gasteiger charge is -2.16. The fourth-order valence-corrected chi connectivity index (χ4v) is 3.21. The Kier molecular flexibility index (Phi) is 4.66. The maximum Gasteiger partial charge on any atom is 0.236 e. The van der Waals surface area contributed by atoms with Crippen LogP contribution in [0.15, 0.2) is 23.1 Å². The zero-order chi connectivity index (χ0) is 13.0. The van der Waals surface area contributed by atoms with E-state index in [0.717, 1.165) is 12.8 Å². The maximum atomic E-state index is 11.4. The van der Waals surface area contributed by atoms with Gasteiger partial charge in [0.25, 0.3) is 0 Å². The van der Waals surface area contributed by atoms with Crippen LogP contribution in [0.1, 0.15) is 30.4 Å². The highest BCUT2D eigenvalue weighted by atomic mass is 32.2. The number of hydrazine groups is 1. The first-order valence-electron chi connectivity index (χ1n) is 6.42. The highest BCUT2D eigenvalue weighted by Gasteiger charge is 2.10. The van der Waals surface area contributed by atoms with Gasteiger partial charge in [-0.3, -0.25) is 9.80 Å². The minimum Gasteiger partial charge on any atom is -0.284 e. The third kappa shape index (κ3) is 3.50. The van der Waals surface area contributed by atoms with Gasteiger partial charge in [-0.1, -0.05) is 12.1 Å². The molecule has 2 rings (SSSR count). The molecular weight excluding hydrogens is 244 g/mol. The average molecular weight is 264 g/mol. The number of carbonyl (C=O) groups excluding carboxylic acids is 1. The van der Waals surface area contributed by atoms with Gasteiger partial charge in [0.15, 0.2) is 0 Å². The Labute approximate surface area is 113 Å². The molecule has 1 aromatic rings. The minimum atomic E-state index is 0.00326. The summed E-state index contributed by atoms with van der Waals surface area (Å²) in [7, 11) is 1.60. The smallest absolute Gasteiger partial charge is 0.236 e. The molecule has 0 saturated heterocycles. The number of hydrogen-bond donors (Lipinski definition) is 1. The van der Waals surface area contributed by atoms with Gasteiger partial charge < -0.3 is 0 Å². The van der Waals surface area contributed by atoms with Crippen molar-refractivity contribution in [1.82, 2.24) is 5.01 Å². The van der Waals surface area contributed by atoms with E-state index in [0.29, 0.717) is 6.42 Å². The molecule has 0 spiro atoms. The second-order valence-corrected chi connectivity index (χ2v) is 5.89. The van der Waals surface area contributed by atoms with Crippen LogP contribution in [0.3, 0.4) is 0 Å². The summed E-state index contributed by atoms with van der Waals surface area (Å²) in [6, 6.07) is 6.72. The van der Waals surface area contributed by atoms with Gasteiger partial charge in [0.1, 0.15) is 0 Å². The first-order chi connectivity index (χ1) is 8.66. The summed E-state index contributed by atoms with van der Waals surface area (Å²) < 4.78 is 0. The Hall–Kier alpha value is -1.00. The lowest BCUT2D eigenvalue weighted by molar-refractivity contribution is -0.130. The molecule has 1 aliphatic rings. The van der Waals surface area contributed by atoms with E-state index in [2.05, 4.69) is 18.2 Å². The zero-order valence-corrected chi connectivity index (χ0v) is 11.6. The summed E-state index contributed by atoms with van der Waals surface area (Å²) >= 11 is 1.95. The normalized spacial score (nSPS) is 14.1. The molecule has 4 heteroatoms. The molecule has 0 fully saturated rings. The highest BCUT2D eigenvalue weighted by molar-refractivity contribution is 7.99. The van der Waals surface area contributed by atoms with Crippen LogP contribution < -0.4 is 5.84 Å². The van der Waals surface area contributed by atoms with Gasteiger partial charge in [-0.2, -0.15) is 0 Å². The van der Waals surface area contributed by atoms with E-state index < -0.39 is 0 Å². The van der Waals surface area contributed by atoms with Crippen LogP contribution in [0.5, 0.6) is 0 Å². The van der Waals surface area contributed by atoms with Gasteiger partial charge in [-0.05, 0) is 48.6 Å². The number of aryl methyl sites for hydroxylation is 2. The van der Waals surface area contributed by atoms with Crippen LogP contribution in [-0.2, 0) is 17.6 Å². The van der Waals surface area contributed by atoms with Crippen LogP contribution >= 0.6 is 11.8 Å². The number of nitrogens with zero attached hydrogens (tertiary/aromatic N) is 1. The first-order valence-corrected chi connectivity index (χ1v) is 7.41. The van der Waals surface area contributed by atoms with Gasteiger partial charge in [-0.25, -0.2) is 5.84 Å². The van der Waals surface area contributed by atoms with Crippen molar-refractivity contribution in [2.45, 2.75) is 37.0 Å². The van der Waals surface area contributed by atoms with Gasteiger partial charge in [0.2, 0.25) is 5.91 Å². The molecule has 0 atom stereocenters. The Morgan fingerprint density at radius 3 is 3.11 bits per heavy atom. The molecule has 2 N–H and O–H groups in total. The van der Waals surface area contributed by atoms with E-state index >= 15 is 0 Å². The number of carbonyl (C=O) groups is 1. The van der Waals surface area contributed by atoms with E-state index in [9.17, 15) is 4.79 Å². The van der Waals surface area contributed by atoms with E-state index in [4.69, 9.17) is 5.84 Å². The van der Waals surface area contributed by atoms with Crippen molar-refractivity contribution in [2.24, 2.45) is 5.84 Å². The number of hydrogen-bond acceptors (Lipinski definition) is 3. The van der Waals surface area contributed by atoms with Crippen molar-refractivity contribution in [3.8, 4) is 0 Å². The summed E-state index contributed by atoms with van der Waals surface area (Å²) in [5.41, 5.74) is 2.81. The fourth-order valence-electron chi connectivity index (χ4n) is 2.19. The topological polar surface area (TPSA) is 46.3 Å². The van der Waals surface area contributed by atoms with Crippen LogP contribution in [0.25, 0.3) is 0 Å². The van der Waals surface area contributed by atoms with Crippen molar-refractivity contribution in [1.29, 1.82) is 0 Å². The molecule has 98 valence electrons. The van der Waals surface area contributed by atoms with Crippen LogP contribution in [0, 0.1) is 0 Å². The Morgan fingerprint density at radius 2 is 2.33 bits per heavy atom. The van der Waals surface area contributed by atoms with Crippen LogP contribution in [-0.4, -0.2) is 23.7 Å². The lowest BCUT2D eigenvalue weighted by atomic mass is 10.0. The molecule has 0 radical (unpaired) electrons. The Morgan fingerprint density at radius 1 is 1.50 bits per heavy atom. The summed E-state index contributed by atoms with van der Waals surface area (Å²) in [4.78, 5) is 12.8. The SMILES string of the molecule is CN(N)C(=O)CCCc1ccc2c(c1)CCCS2. The van der Waals surface area contributed by atoms with E-state index in [1.54, 1.807) is 7.05 Å². The molecular formula is C14H20N2OS. The lowest BCUT2D eigenvalue weighted by Crippen LogP contribution is -2.32. The number of rotatable bonds is 4. The van der Waals surface area contributed by atoms with Crippen LogP contribution in [0.4, 0.5) is 0 Å². The van der Waals surface area contributed by atoms with Gasteiger partial charge in [0.05, 0.1) is 0 Å². The average Bonchev–Trinajstić information content (AvgIpc) is 2.38. The molecule has 1 amide bonds. The number of benzene rings is 1. The number of fused-ring (bicyclic) bond motifs is 1. The van der Waals surface area contributed by atoms with E-state index in [1.807, 2.05) is 11.8 Å². The largest absolute Gasteiger partial charge is 0.284 e. The molecule has 0 unspecified atom stereocenters. The molecule has 0 aromatic heterocycles. The predicted molar refractivity (Wildman–Crippen MR) is 75.4 cm³/mol. The minimum absolute atomic E-state index is 0.00326. The Bertz CT molecular complexity index is 432. The standard InChI is InChI=1S/C14H20N2OS/c1-16(15)14(17)6-2-4-11-7-8-13-12(10-11)5-3-9-18-13/h7-8,10H,2-6,9,15H2,1H3. The second-order valence-electron chi connectivity index (χ2n) is 4.75. The quantitative estimate of drug-likeness (QED) is 0.516. The van der Waals surface area contributed by atoms with Crippen molar-refractivity contribution in [2.75, 3.05) is 12.8 Å². The summed E-state index contributed by atoms with van der Waals surface area (Å²) in [5.74, 6) is 6.63. The summed E-state index contributed by atoms with van der Waals surface area (Å²) in [6.07, 6.45) is 4.82. The third-order valence-electron chi connectivity index (χ3n) is 3.22.